The van der Waals surface area contributed by atoms with E-state index in [-0.39, 0.29) is 11.5 Å². The number of methoxy groups -OCH3 is 2. The van der Waals surface area contributed by atoms with Crippen molar-refractivity contribution in [3.63, 3.8) is 0 Å². The van der Waals surface area contributed by atoms with Gasteiger partial charge in [0.05, 0.1) is 19.3 Å². The zero-order valence-corrected chi connectivity index (χ0v) is 12.5. The summed E-state index contributed by atoms with van der Waals surface area (Å²) < 4.78 is 23.5. The van der Waals surface area contributed by atoms with Crippen LogP contribution in [-0.4, -0.2) is 44.7 Å². The van der Waals surface area contributed by atoms with Crippen LogP contribution in [0.3, 0.4) is 0 Å². The summed E-state index contributed by atoms with van der Waals surface area (Å²) >= 11 is 0. The van der Waals surface area contributed by atoms with Gasteiger partial charge in [-0.05, 0) is 24.1 Å². The molecule has 112 valence electrons. The summed E-state index contributed by atoms with van der Waals surface area (Å²) in [6.45, 7) is 5.54. The lowest BCUT2D eigenvalue weighted by atomic mass is 10.1. The molecule has 0 spiro atoms. The number of hydrogen-bond donors (Lipinski definition) is 0. The van der Waals surface area contributed by atoms with Crippen LogP contribution in [0.4, 0.5) is 4.39 Å². The molecule has 5 heteroatoms. The van der Waals surface area contributed by atoms with Crippen LogP contribution in [0.5, 0.6) is 5.75 Å². The molecule has 0 aliphatic rings. The Balaban J connectivity index is 3.00. The van der Waals surface area contributed by atoms with Gasteiger partial charge in [0.15, 0.2) is 0 Å². The summed E-state index contributed by atoms with van der Waals surface area (Å²) in [4.78, 5) is 14.2. The Morgan fingerprint density at radius 2 is 2.05 bits per heavy atom. The smallest absolute Gasteiger partial charge is 0.257 e. The molecule has 0 unspecified atom stereocenters. The zero-order valence-electron chi connectivity index (χ0n) is 12.5. The van der Waals surface area contributed by atoms with Crippen molar-refractivity contribution < 1.29 is 18.7 Å². The average Bonchev–Trinajstić information content (AvgIpc) is 2.42. The third-order valence-corrected chi connectivity index (χ3v) is 2.83. The lowest BCUT2D eigenvalue weighted by molar-refractivity contribution is 0.0668. The van der Waals surface area contributed by atoms with Crippen LogP contribution in [0.15, 0.2) is 18.2 Å². The number of carbonyl (C=O) groups excluding carboxylic acids is 1. The van der Waals surface area contributed by atoms with Gasteiger partial charge >= 0.3 is 0 Å². The van der Waals surface area contributed by atoms with Crippen LogP contribution in [0.1, 0.15) is 24.2 Å². The van der Waals surface area contributed by atoms with Gasteiger partial charge < -0.3 is 14.4 Å². The molecule has 1 aromatic carbocycles. The van der Waals surface area contributed by atoms with E-state index in [1.54, 1.807) is 12.0 Å². The third-order valence-electron chi connectivity index (χ3n) is 2.83. The highest BCUT2D eigenvalue weighted by Gasteiger charge is 2.20. The van der Waals surface area contributed by atoms with Crippen LogP contribution in [0.2, 0.25) is 0 Å². The Hall–Kier alpha value is -1.62. The second kappa shape index (κ2) is 7.85. The van der Waals surface area contributed by atoms with Crippen LogP contribution >= 0.6 is 0 Å². The van der Waals surface area contributed by atoms with E-state index in [1.165, 1.54) is 25.3 Å². The number of hydrogen-bond acceptors (Lipinski definition) is 3. The predicted molar refractivity (Wildman–Crippen MR) is 75.6 cm³/mol. The molecule has 0 saturated heterocycles. The van der Waals surface area contributed by atoms with Crippen molar-refractivity contribution in [2.45, 2.75) is 13.8 Å². The van der Waals surface area contributed by atoms with Crippen molar-refractivity contribution in [2.75, 3.05) is 33.9 Å². The highest BCUT2D eigenvalue weighted by atomic mass is 19.1. The lowest BCUT2D eigenvalue weighted by Gasteiger charge is -2.25. The van der Waals surface area contributed by atoms with Crippen molar-refractivity contribution in [1.82, 2.24) is 4.90 Å². The molecule has 0 aliphatic carbocycles. The van der Waals surface area contributed by atoms with Gasteiger partial charge in [-0.15, -0.1) is 0 Å². The Morgan fingerprint density at radius 3 is 2.60 bits per heavy atom. The maximum Gasteiger partial charge on any atom is 0.257 e. The van der Waals surface area contributed by atoms with Gasteiger partial charge in [-0.1, -0.05) is 13.8 Å². The summed E-state index contributed by atoms with van der Waals surface area (Å²) in [6, 6.07) is 3.95. The number of amides is 1. The molecule has 0 saturated carbocycles. The summed E-state index contributed by atoms with van der Waals surface area (Å²) in [5.74, 6) is -0.00424. The van der Waals surface area contributed by atoms with Gasteiger partial charge in [0.25, 0.3) is 5.91 Å². The maximum atomic E-state index is 13.4. The van der Waals surface area contributed by atoms with Gasteiger partial charge in [-0.3, -0.25) is 4.79 Å². The Labute approximate surface area is 119 Å². The highest BCUT2D eigenvalue weighted by molar-refractivity contribution is 5.97. The van der Waals surface area contributed by atoms with Crippen molar-refractivity contribution in [2.24, 2.45) is 5.92 Å². The molecule has 0 N–H and O–H groups in total. The molecule has 20 heavy (non-hydrogen) atoms. The average molecular weight is 283 g/mol. The molecular formula is C15H22FNO3. The van der Waals surface area contributed by atoms with Crippen molar-refractivity contribution in [1.29, 1.82) is 0 Å². The Kier molecular flexibility index (Phi) is 6.45. The Morgan fingerprint density at radius 1 is 1.35 bits per heavy atom. The van der Waals surface area contributed by atoms with E-state index in [9.17, 15) is 9.18 Å². The van der Waals surface area contributed by atoms with E-state index in [2.05, 4.69) is 0 Å². The topological polar surface area (TPSA) is 38.8 Å². The minimum atomic E-state index is -0.453. The van der Waals surface area contributed by atoms with Crippen molar-refractivity contribution >= 4 is 5.91 Å². The second-order valence-corrected chi connectivity index (χ2v) is 4.98. The minimum Gasteiger partial charge on any atom is -0.496 e. The van der Waals surface area contributed by atoms with Gasteiger partial charge in [-0.25, -0.2) is 4.39 Å². The number of benzene rings is 1. The number of ether oxygens (including phenoxy) is 2. The van der Waals surface area contributed by atoms with Gasteiger partial charge in [-0.2, -0.15) is 0 Å². The lowest BCUT2D eigenvalue weighted by Crippen LogP contribution is -2.37. The Bertz CT molecular complexity index is 449. The van der Waals surface area contributed by atoms with E-state index in [0.29, 0.717) is 31.4 Å². The fourth-order valence-corrected chi connectivity index (χ4v) is 1.94. The summed E-state index contributed by atoms with van der Waals surface area (Å²) in [7, 11) is 3.05. The first kappa shape index (κ1) is 16.4. The molecule has 0 radical (unpaired) electrons. The molecule has 1 rings (SSSR count). The first-order valence-corrected chi connectivity index (χ1v) is 6.61. The van der Waals surface area contributed by atoms with Gasteiger partial charge in [0.1, 0.15) is 11.6 Å². The highest BCUT2D eigenvalue weighted by Crippen LogP contribution is 2.21. The molecule has 1 amide bonds. The van der Waals surface area contributed by atoms with Crippen LogP contribution in [0.25, 0.3) is 0 Å². The fourth-order valence-electron chi connectivity index (χ4n) is 1.94. The predicted octanol–water partition coefficient (Wildman–Crippen LogP) is 2.58. The molecule has 1 aromatic rings. The molecule has 0 bridgehead atoms. The van der Waals surface area contributed by atoms with E-state index in [1.807, 2.05) is 13.8 Å². The quantitative estimate of drug-likeness (QED) is 0.772. The van der Waals surface area contributed by atoms with Crippen LogP contribution in [0, 0.1) is 11.7 Å². The number of nitrogens with zero attached hydrogens (tertiary/aromatic N) is 1. The van der Waals surface area contributed by atoms with Crippen LogP contribution in [-0.2, 0) is 4.74 Å². The zero-order chi connectivity index (χ0) is 15.1. The monoisotopic (exact) mass is 283 g/mol. The van der Waals surface area contributed by atoms with Crippen molar-refractivity contribution in [3.8, 4) is 5.75 Å². The standard InChI is InChI=1S/C15H22FNO3/c1-11(2)10-17(7-8-19-3)15(18)13-9-12(16)5-6-14(13)20-4/h5-6,9,11H,7-8,10H2,1-4H3. The molecule has 0 fully saturated rings. The molecule has 0 atom stereocenters. The second-order valence-electron chi connectivity index (χ2n) is 4.98. The van der Waals surface area contributed by atoms with Crippen molar-refractivity contribution in [3.05, 3.63) is 29.6 Å². The normalized spacial score (nSPS) is 10.7. The molecular weight excluding hydrogens is 261 g/mol. The SMILES string of the molecule is COCCN(CC(C)C)C(=O)c1cc(F)ccc1OC. The summed E-state index contributed by atoms with van der Waals surface area (Å²) in [5.41, 5.74) is 0.240. The number of carbonyl (C=O) groups is 1. The number of rotatable bonds is 7. The van der Waals surface area contributed by atoms with E-state index in [4.69, 9.17) is 9.47 Å². The first-order valence-electron chi connectivity index (χ1n) is 6.61. The minimum absolute atomic E-state index is 0.240. The van der Waals surface area contributed by atoms with Gasteiger partial charge in [0.2, 0.25) is 0 Å². The number of halogens is 1. The van der Waals surface area contributed by atoms with E-state index < -0.39 is 5.82 Å². The largest absolute Gasteiger partial charge is 0.496 e. The molecule has 0 aromatic heterocycles. The fraction of sp³-hybridized carbons (Fsp3) is 0.533. The first-order chi connectivity index (χ1) is 9.49. The molecule has 4 nitrogen and oxygen atoms in total. The van der Waals surface area contributed by atoms with E-state index in [0.717, 1.165) is 0 Å². The van der Waals surface area contributed by atoms with Gasteiger partial charge in [0, 0.05) is 20.2 Å². The third kappa shape index (κ3) is 4.49. The molecule has 0 aliphatic heterocycles. The molecule has 0 heterocycles. The van der Waals surface area contributed by atoms with Crippen LogP contribution < -0.4 is 4.74 Å². The maximum absolute atomic E-state index is 13.4. The summed E-state index contributed by atoms with van der Waals surface area (Å²) in [6.07, 6.45) is 0. The van der Waals surface area contributed by atoms with E-state index >= 15 is 0 Å². The summed E-state index contributed by atoms with van der Waals surface area (Å²) in [5, 5.41) is 0.